The Morgan fingerprint density at radius 2 is 2.27 bits per heavy atom. The van der Waals surface area contributed by atoms with Gasteiger partial charge in [0.25, 0.3) is 0 Å². The van der Waals surface area contributed by atoms with Crippen molar-refractivity contribution in [3.8, 4) is 5.75 Å². The van der Waals surface area contributed by atoms with E-state index < -0.39 is 6.10 Å². The van der Waals surface area contributed by atoms with Gasteiger partial charge in [0.05, 0.1) is 12.7 Å². The van der Waals surface area contributed by atoms with Gasteiger partial charge in [-0.05, 0) is 31.4 Å². The summed E-state index contributed by atoms with van der Waals surface area (Å²) in [5.41, 5.74) is 0.825. The summed E-state index contributed by atoms with van der Waals surface area (Å²) in [5, 5.41) is 9.58. The summed E-state index contributed by atoms with van der Waals surface area (Å²) in [5.74, 6) is 1.72. The Morgan fingerprint density at radius 1 is 1.53 bits per heavy atom. The normalized spacial score (nSPS) is 12.5. The molecule has 0 fully saturated rings. The maximum Gasteiger partial charge on any atom is 0.125 e. The molecule has 0 aliphatic rings. The average molecular weight is 291 g/mol. The number of ether oxygens (including phenoxy) is 1. The van der Waals surface area contributed by atoms with Gasteiger partial charge in [-0.3, -0.25) is 0 Å². The summed E-state index contributed by atoms with van der Waals surface area (Å²) in [6.45, 7) is 2.41. The first-order valence-corrected chi connectivity index (χ1v) is 6.93. The molecule has 1 rings (SSSR count). The third-order valence-corrected chi connectivity index (χ3v) is 3.04. The van der Waals surface area contributed by atoms with Gasteiger partial charge >= 0.3 is 0 Å². The fourth-order valence-electron chi connectivity index (χ4n) is 1.21. The minimum atomic E-state index is -0.508. The molecule has 1 N–H and O–H groups in total. The molecule has 15 heavy (non-hydrogen) atoms. The summed E-state index contributed by atoms with van der Waals surface area (Å²) < 4.78 is 6.55. The van der Waals surface area contributed by atoms with Crippen molar-refractivity contribution in [3.05, 3.63) is 28.2 Å². The molecule has 1 atom stereocenters. The van der Waals surface area contributed by atoms with Crippen LogP contribution in [0, 0.1) is 0 Å². The molecule has 0 aliphatic heterocycles. The summed E-state index contributed by atoms with van der Waals surface area (Å²) >= 11 is 5.12. The highest BCUT2D eigenvalue weighted by Crippen LogP contribution is 2.28. The van der Waals surface area contributed by atoms with Crippen LogP contribution in [0.3, 0.4) is 0 Å². The SMILES string of the molecule is CSCCOc1ccc(Br)cc1C(C)O. The summed E-state index contributed by atoms with van der Waals surface area (Å²) in [4.78, 5) is 0. The van der Waals surface area contributed by atoms with Gasteiger partial charge in [-0.2, -0.15) is 11.8 Å². The number of hydrogen-bond acceptors (Lipinski definition) is 3. The van der Waals surface area contributed by atoms with Crippen LogP contribution in [-0.2, 0) is 0 Å². The van der Waals surface area contributed by atoms with Crippen LogP contribution in [0.25, 0.3) is 0 Å². The van der Waals surface area contributed by atoms with Gasteiger partial charge in [-0.1, -0.05) is 15.9 Å². The molecular formula is C11H15BrO2S. The van der Waals surface area contributed by atoms with Gasteiger partial charge in [0.15, 0.2) is 0 Å². The molecule has 1 unspecified atom stereocenters. The van der Waals surface area contributed by atoms with Gasteiger partial charge in [-0.25, -0.2) is 0 Å². The number of thioether (sulfide) groups is 1. The first kappa shape index (κ1) is 12.9. The van der Waals surface area contributed by atoms with Crippen LogP contribution in [0.5, 0.6) is 5.75 Å². The minimum absolute atomic E-state index is 0.508. The van der Waals surface area contributed by atoms with Crippen molar-refractivity contribution in [3.63, 3.8) is 0 Å². The summed E-state index contributed by atoms with van der Waals surface area (Å²) in [7, 11) is 0. The lowest BCUT2D eigenvalue weighted by atomic mass is 10.1. The second-order valence-electron chi connectivity index (χ2n) is 3.20. The molecule has 0 spiro atoms. The van der Waals surface area contributed by atoms with Gasteiger partial charge in [0.2, 0.25) is 0 Å². The van der Waals surface area contributed by atoms with Crippen molar-refractivity contribution in [1.29, 1.82) is 0 Å². The third kappa shape index (κ3) is 4.05. The average Bonchev–Trinajstić information content (AvgIpc) is 2.20. The number of benzene rings is 1. The highest BCUT2D eigenvalue weighted by atomic mass is 79.9. The molecule has 1 aromatic carbocycles. The molecule has 0 heterocycles. The van der Waals surface area contributed by atoms with Crippen molar-refractivity contribution >= 4 is 27.7 Å². The molecule has 2 nitrogen and oxygen atoms in total. The van der Waals surface area contributed by atoms with Crippen LogP contribution in [-0.4, -0.2) is 23.7 Å². The lowest BCUT2D eigenvalue weighted by Crippen LogP contribution is -2.03. The minimum Gasteiger partial charge on any atom is -0.492 e. The fraction of sp³-hybridized carbons (Fsp3) is 0.455. The van der Waals surface area contributed by atoms with E-state index in [4.69, 9.17) is 4.74 Å². The van der Waals surface area contributed by atoms with Gasteiger partial charge < -0.3 is 9.84 Å². The van der Waals surface area contributed by atoms with E-state index in [1.54, 1.807) is 18.7 Å². The van der Waals surface area contributed by atoms with Crippen LogP contribution in [0.2, 0.25) is 0 Å². The first-order valence-electron chi connectivity index (χ1n) is 4.74. The van der Waals surface area contributed by atoms with E-state index in [-0.39, 0.29) is 0 Å². The van der Waals surface area contributed by atoms with Crippen LogP contribution in [0.1, 0.15) is 18.6 Å². The van der Waals surface area contributed by atoms with Crippen LogP contribution in [0.15, 0.2) is 22.7 Å². The Bertz CT molecular complexity index is 315. The molecule has 0 bridgehead atoms. The Labute approximate surface area is 103 Å². The molecule has 0 radical (unpaired) electrons. The maximum atomic E-state index is 9.58. The highest BCUT2D eigenvalue weighted by molar-refractivity contribution is 9.10. The third-order valence-electron chi connectivity index (χ3n) is 1.97. The van der Waals surface area contributed by atoms with Crippen LogP contribution >= 0.6 is 27.7 Å². The van der Waals surface area contributed by atoms with E-state index in [1.807, 2.05) is 24.5 Å². The second-order valence-corrected chi connectivity index (χ2v) is 5.10. The fourth-order valence-corrected chi connectivity index (χ4v) is 1.84. The van der Waals surface area contributed by atoms with E-state index in [0.717, 1.165) is 21.5 Å². The Balaban J connectivity index is 2.77. The van der Waals surface area contributed by atoms with Crippen molar-refractivity contribution < 1.29 is 9.84 Å². The Morgan fingerprint density at radius 3 is 2.87 bits per heavy atom. The van der Waals surface area contributed by atoms with E-state index in [2.05, 4.69) is 15.9 Å². The van der Waals surface area contributed by atoms with E-state index >= 15 is 0 Å². The predicted molar refractivity (Wildman–Crippen MR) is 68.7 cm³/mol. The second kappa shape index (κ2) is 6.40. The molecule has 0 aliphatic carbocycles. The first-order chi connectivity index (χ1) is 7.15. The zero-order valence-corrected chi connectivity index (χ0v) is 11.3. The van der Waals surface area contributed by atoms with Crippen LogP contribution in [0.4, 0.5) is 0 Å². The largest absolute Gasteiger partial charge is 0.492 e. The van der Waals surface area contributed by atoms with Crippen molar-refractivity contribution in [2.45, 2.75) is 13.0 Å². The lowest BCUT2D eigenvalue weighted by Gasteiger charge is -2.13. The molecule has 0 saturated heterocycles. The van der Waals surface area contributed by atoms with Crippen molar-refractivity contribution in [2.24, 2.45) is 0 Å². The number of hydrogen-bond donors (Lipinski definition) is 1. The van der Waals surface area contributed by atoms with E-state index in [9.17, 15) is 5.11 Å². The topological polar surface area (TPSA) is 29.5 Å². The zero-order valence-electron chi connectivity index (χ0n) is 8.87. The zero-order chi connectivity index (χ0) is 11.3. The van der Waals surface area contributed by atoms with Gasteiger partial charge in [-0.15, -0.1) is 0 Å². The summed E-state index contributed by atoms with van der Waals surface area (Å²) in [6.07, 6.45) is 1.53. The Hall–Kier alpha value is -0.190. The molecule has 4 heteroatoms. The number of rotatable bonds is 5. The lowest BCUT2D eigenvalue weighted by molar-refractivity contribution is 0.192. The smallest absolute Gasteiger partial charge is 0.125 e. The maximum absolute atomic E-state index is 9.58. The Kier molecular flexibility index (Phi) is 5.50. The number of aliphatic hydroxyl groups excluding tert-OH is 1. The molecule has 0 saturated carbocycles. The molecular weight excluding hydrogens is 276 g/mol. The quantitative estimate of drug-likeness (QED) is 0.844. The monoisotopic (exact) mass is 290 g/mol. The summed E-state index contributed by atoms with van der Waals surface area (Å²) in [6, 6.07) is 5.69. The standard InChI is InChI=1S/C11H15BrO2S/c1-8(13)10-7-9(12)3-4-11(10)14-5-6-15-2/h3-4,7-8,13H,5-6H2,1-2H3. The molecule has 0 aromatic heterocycles. The molecule has 84 valence electrons. The molecule has 0 amide bonds. The van der Waals surface area contributed by atoms with Gasteiger partial charge in [0, 0.05) is 15.8 Å². The highest BCUT2D eigenvalue weighted by Gasteiger charge is 2.09. The number of aliphatic hydroxyl groups is 1. The van der Waals surface area contributed by atoms with Crippen molar-refractivity contribution in [2.75, 3.05) is 18.6 Å². The molecule has 1 aromatic rings. The van der Waals surface area contributed by atoms with E-state index in [1.165, 1.54) is 0 Å². The number of halogens is 1. The van der Waals surface area contributed by atoms with Gasteiger partial charge in [0.1, 0.15) is 5.75 Å². The predicted octanol–water partition coefficient (Wildman–Crippen LogP) is 3.24. The van der Waals surface area contributed by atoms with Crippen LogP contribution < -0.4 is 4.74 Å². The van der Waals surface area contributed by atoms with E-state index in [0.29, 0.717) is 6.61 Å². The van der Waals surface area contributed by atoms with Crippen molar-refractivity contribution in [1.82, 2.24) is 0 Å².